The van der Waals surface area contributed by atoms with Gasteiger partial charge >= 0.3 is 0 Å². The second kappa shape index (κ2) is 6.20. The van der Waals surface area contributed by atoms with Crippen LogP contribution in [0.2, 0.25) is 0 Å². The highest BCUT2D eigenvalue weighted by atomic mass is 32.1. The van der Waals surface area contributed by atoms with E-state index in [0.29, 0.717) is 18.1 Å². The molecular weight excluding hydrogens is 294 g/mol. The van der Waals surface area contributed by atoms with Gasteiger partial charge in [0.1, 0.15) is 0 Å². The predicted octanol–water partition coefficient (Wildman–Crippen LogP) is 2.79. The topological polar surface area (TPSA) is 45.7 Å². The Kier molecular flexibility index (Phi) is 4.46. The maximum Gasteiger partial charge on any atom is 0.191 e. The van der Waals surface area contributed by atoms with Gasteiger partial charge in [0.05, 0.1) is 12.6 Å². The maximum atomic E-state index is 5.86. The smallest absolute Gasteiger partial charge is 0.191 e. The average molecular weight is 321 g/mol. The van der Waals surface area contributed by atoms with E-state index < -0.39 is 0 Å². The van der Waals surface area contributed by atoms with E-state index in [1.165, 1.54) is 9.75 Å². The summed E-state index contributed by atoms with van der Waals surface area (Å²) in [6.45, 7) is 8.51. The SMILES string of the molecule is CCc1ccc(CNC(=NC)NC2C3CCOC3C2(C)C)s1. The van der Waals surface area contributed by atoms with Gasteiger partial charge in [-0.1, -0.05) is 20.8 Å². The Morgan fingerprint density at radius 3 is 2.86 bits per heavy atom. The first kappa shape index (κ1) is 15.8. The Bertz CT molecular complexity index is 552. The number of rotatable bonds is 4. The average Bonchev–Trinajstić information content (AvgIpc) is 3.15. The number of aliphatic imine (C=N–C) groups is 1. The van der Waals surface area contributed by atoms with Crippen LogP contribution in [-0.2, 0) is 17.7 Å². The van der Waals surface area contributed by atoms with Gasteiger partial charge < -0.3 is 15.4 Å². The molecule has 5 heteroatoms. The monoisotopic (exact) mass is 321 g/mol. The van der Waals surface area contributed by atoms with Crippen molar-refractivity contribution >= 4 is 17.3 Å². The standard InChI is InChI=1S/C17H27N3OS/c1-5-11-6-7-12(22-11)10-19-16(18-4)20-14-13-8-9-21-15(13)17(14,2)3/h6-7,13-15H,5,8-10H2,1-4H3,(H2,18,19,20). The largest absolute Gasteiger partial charge is 0.377 e. The molecule has 0 bridgehead atoms. The summed E-state index contributed by atoms with van der Waals surface area (Å²) in [6.07, 6.45) is 2.68. The highest BCUT2D eigenvalue weighted by Crippen LogP contribution is 2.52. The molecule has 1 aromatic heterocycles. The number of nitrogens with one attached hydrogen (secondary N) is 2. The predicted molar refractivity (Wildman–Crippen MR) is 92.4 cm³/mol. The molecule has 0 aromatic carbocycles. The first-order chi connectivity index (χ1) is 10.6. The van der Waals surface area contributed by atoms with Gasteiger partial charge in [0.2, 0.25) is 0 Å². The highest BCUT2D eigenvalue weighted by molar-refractivity contribution is 7.11. The number of thiophene rings is 1. The van der Waals surface area contributed by atoms with Crippen LogP contribution in [0.4, 0.5) is 0 Å². The third kappa shape index (κ3) is 2.76. The molecule has 1 aromatic rings. The van der Waals surface area contributed by atoms with Crippen LogP contribution >= 0.6 is 11.3 Å². The fourth-order valence-electron chi connectivity index (χ4n) is 3.84. The van der Waals surface area contributed by atoms with Crippen molar-refractivity contribution in [2.24, 2.45) is 16.3 Å². The second-order valence-electron chi connectivity index (χ2n) is 6.83. The molecule has 2 fully saturated rings. The molecule has 22 heavy (non-hydrogen) atoms. The zero-order chi connectivity index (χ0) is 15.7. The van der Waals surface area contributed by atoms with Crippen molar-refractivity contribution in [2.45, 2.75) is 52.3 Å². The molecular formula is C17H27N3OS. The van der Waals surface area contributed by atoms with E-state index in [-0.39, 0.29) is 5.41 Å². The minimum absolute atomic E-state index is 0.178. The molecule has 1 saturated carbocycles. The maximum absolute atomic E-state index is 5.86. The Labute approximate surface area is 137 Å². The lowest BCUT2D eigenvalue weighted by molar-refractivity contribution is -0.106. The number of fused-ring (bicyclic) bond motifs is 1. The molecule has 3 rings (SSSR count). The van der Waals surface area contributed by atoms with E-state index in [1.807, 2.05) is 18.4 Å². The summed E-state index contributed by atoms with van der Waals surface area (Å²) in [4.78, 5) is 7.18. The molecule has 1 aliphatic carbocycles. The molecule has 0 spiro atoms. The summed E-state index contributed by atoms with van der Waals surface area (Å²) in [5.41, 5.74) is 0.178. The fraction of sp³-hybridized carbons (Fsp3) is 0.706. The minimum Gasteiger partial charge on any atom is -0.377 e. The van der Waals surface area contributed by atoms with E-state index in [2.05, 4.69) is 48.5 Å². The first-order valence-corrected chi connectivity index (χ1v) is 9.04. The van der Waals surface area contributed by atoms with Crippen molar-refractivity contribution in [1.82, 2.24) is 10.6 Å². The highest BCUT2D eigenvalue weighted by Gasteiger charge is 2.59. The molecule has 4 nitrogen and oxygen atoms in total. The van der Waals surface area contributed by atoms with Gasteiger partial charge in [-0.15, -0.1) is 11.3 Å². The van der Waals surface area contributed by atoms with Gasteiger partial charge in [0.25, 0.3) is 0 Å². The van der Waals surface area contributed by atoms with Crippen molar-refractivity contribution in [3.63, 3.8) is 0 Å². The zero-order valence-electron chi connectivity index (χ0n) is 14.0. The number of nitrogens with zero attached hydrogens (tertiary/aromatic N) is 1. The Morgan fingerprint density at radius 1 is 1.41 bits per heavy atom. The minimum atomic E-state index is 0.178. The van der Waals surface area contributed by atoms with Crippen LogP contribution in [0.1, 0.15) is 36.9 Å². The molecule has 2 N–H and O–H groups in total. The fourth-order valence-corrected chi connectivity index (χ4v) is 4.73. The lowest BCUT2D eigenvalue weighted by Gasteiger charge is -2.54. The van der Waals surface area contributed by atoms with Crippen LogP contribution in [0, 0.1) is 11.3 Å². The molecule has 2 aliphatic rings. The van der Waals surface area contributed by atoms with Crippen LogP contribution in [0.25, 0.3) is 0 Å². The third-order valence-electron chi connectivity index (χ3n) is 5.11. The lowest BCUT2D eigenvalue weighted by atomic mass is 9.57. The first-order valence-electron chi connectivity index (χ1n) is 8.22. The van der Waals surface area contributed by atoms with Crippen LogP contribution in [0.3, 0.4) is 0 Å². The molecule has 1 aliphatic heterocycles. The Balaban J connectivity index is 1.56. The van der Waals surface area contributed by atoms with Crippen molar-refractivity contribution < 1.29 is 4.74 Å². The Morgan fingerprint density at radius 2 is 2.18 bits per heavy atom. The van der Waals surface area contributed by atoms with Crippen LogP contribution in [0.15, 0.2) is 17.1 Å². The van der Waals surface area contributed by atoms with E-state index in [1.54, 1.807) is 0 Å². The van der Waals surface area contributed by atoms with E-state index in [9.17, 15) is 0 Å². The number of ether oxygens (including phenoxy) is 1. The molecule has 122 valence electrons. The van der Waals surface area contributed by atoms with Crippen LogP contribution in [0.5, 0.6) is 0 Å². The van der Waals surface area contributed by atoms with Crippen molar-refractivity contribution in [3.05, 3.63) is 21.9 Å². The van der Waals surface area contributed by atoms with Gasteiger partial charge in [-0.3, -0.25) is 4.99 Å². The zero-order valence-corrected chi connectivity index (χ0v) is 14.8. The van der Waals surface area contributed by atoms with Gasteiger partial charge in [0, 0.05) is 40.8 Å². The van der Waals surface area contributed by atoms with Crippen LogP contribution < -0.4 is 10.6 Å². The van der Waals surface area contributed by atoms with E-state index in [4.69, 9.17) is 4.74 Å². The van der Waals surface area contributed by atoms with Crippen molar-refractivity contribution in [2.75, 3.05) is 13.7 Å². The summed E-state index contributed by atoms with van der Waals surface area (Å²) >= 11 is 1.87. The van der Waals surface area contributed by atoms with Gasteiger partial charge in [-0.05, 0) is 25.0 Å². The number of hydrogen-bond acceptors (Lipinski definition) is 3. The summed E-state index contributed by atoms with van der Waals surface area (Å²) in [5, 5.41) is 7.07. The van der Waals surface area contributed by atoms with E-state index >= 15 is 0 Å². The molecule has 3 atom stereocenters. The van der Waals surface area contributed by atoms with Crippen LogP contribution in [-0.4, -0.2) is 31.8 Å². The summed E-state index contributed by atoms with van der Waals surface area (Å²) in [5.74, 6) is 1.52. The van der Waals surface area contributed by atoms with Crippen molar-refractivity contribution in [1.29, 1.82) is 0 Å². The van der Waals surface area contributed by atoms with Gasteiger partial charge in [-0.25, -0.2) is 0 Å². The van der Waals surface area contributed by atoms with Crippen molar-refractivity contribution in [3.8, 4) is 0 Å². The molecule has 2 heterocycles. The normalized spacial score (nSPS) is 29.8. The van der Waals surface area contributed by atoms with Gasteiger partial charge in [0.15, 0.2) is 5.96 Å². The summed E-state index contributed by atoms with van der Waals surface area (Å²) in [7, 11) is 1.84. The van der Waals surface area contributed by atoms with E-state index in [0.717, 1.165) is 32.0 Å². The number of hydrogen-bond donors (Lipinski definition) is 2. The number of guanidine groups is 1. The molecule has 0 amide bonds. The number of aryl methyl sites for hydroxylation is 1. The molecule has 0 radical (unpaired) electrons. The molecule has 3 unspecified atom stereocenters. The lowest BCUT2D eigenvalue weighted by Crippen LogP contribution is -2.67. The quantitative estimate of drug-likeness (QED) is 0.662. The Hall–Kier alpha value is -1.07. The second-order valence-corrected chi connectivity index (χ2v) is 8.09. The van der Waals surface area contributed by atoms with Gasteiger partial charge in [-0.2, -0.15) is 0 Å². The summed E-state index contributed by atoms with van der Waals surface area (Å²) in [6, 6.07) is 4.87. The summed E-state index contributed by atoms with van der Waals surface area (Å²) < 4.78 is 5.86. The molecule has 1 saturated heterocycles. The third-order valence-corrected chi connectivity index (χ3v) is 6.34.